The molecule has 0 bridgehead atoms. The van der Waals surface area contributed by atoms with Crippen LogP contribution in [-0.4, -0.2) is 23.5 Å². The van der Waals surface area contributed by atoms with Gasteiger partial charge in [0.25, 0.3) is 0 Å². The summed E-state index contributed by atoms with van der Waals surface area (Å²) in [5.41, 5.74) is 0. The zero-order valence-corrected chi connectivity index (χ0v) is 9.77. The number of ether oxygens (including phenoxy) is 2. The van der Waals surface area contributed by atoms with Crippen molar-refractivity contribution in [2.45, 2.75) is 26.1 Å². The lowest BCUT2D eigenvalue weighted by atomic mass is 10.2. The Labute approximate surface area is 99.0 Å². The van der Waals surface area contributed by atoms with E-state index in [2.05, 4.69) is 4.74 Å². The molecule has 1 aromatic carbocycles. The summed E-state index contributed by atoms with van der Waals surface area (Å²) in [6.45, 7) is 2.74. The summed E-state index contributed by atoms with van der Waals surface area (Å²) in [7, 11) is 0. The summed E-state index contributed by atoms with van der Waals surface area (Å²) in [4.78, 5) is 10.5. The van der Waals surface area contributed by atoms with E-state index < -0.39 is 17.6 Å². The van der Waals surface area contributed by atoms with Gasteiger partial charge in [-0.2, -0.15) is 0 Å². The minimum atomic E-state index is -1.51. The van der Waals surface area contributed by atoms with Gasteiger partial charge in [0.05, 0.1) is 6.61 Å². The van der Waals surface area contributed by atoms with Crippen LogP contribution in [0.3, 0.4) is 0 Å². The average Bonchev–Trinajstić information content (AvgIpc) is 2.15. The predicted octanol–water partition coefficient (Wildman–Crippen LogP) is 1.87. The molecule has 0 amide bonds. The molecule has 0 spiro atoms. The first-order valence-corrected chi connectivity index (χ1v) is 5.19. The molecule has 1 unspecified atom stereocenters. The molecule has 0 saturated carbocycles. The minimum Gasteiger partial charge on any atom is -0.466 e. The summed E-state index contributed by atoms with van der Waals surface area (Å²) in [5, 5.41) is 9.84. The molecule has 0 aliphatic rings. The van der Waals surface area contributed by atoms with Crippen molar-refractivity contribution >= 4 is 5.97 Å². The number of carbonyl (C=O) groups excluding carboxylic acids is 1. The Kier molecular flexibility index (Phi) is 4.45. The maximum Gasteiger partial charge on any atom is 0.302 e. The van der Waals surface area contributed by atoms with Gasteiger partial charge in [-0.25, -0.2) is 4.39 Å². The first-order valence-electron chi connectivity index (χ1n) is 5.19. The summed E-state index contributed by atoms with van der Waals surface area (Å²) in [5.74, 6) is -2.16. The standard InChI is InChI=1S/C12H15FO4/c1-9(14)16-7-6-12(2,15)17-11-5-3-4-10(13)8-11/h3-5,8,15H,6-7H2,1-2H3. The van der Waals surface area contributed by atoms with Crippen molar-refractivity contribution in [2.24, 2.45) is 0 Å². The Bertz CT molecular complexity index is 390. The fraction of sp³-hybridized carbons (Fsp3) is 0.417. The molecule has 1 rings (SSSR count). The van der Waals surface area contributed by atoms with Gasteiger partial charge < -0.3 is 14.6 Å². The van der Waals surface area contributed by atoms with Crippen molar-refractivity contribution in [2.75, 3.05) is 6.61 Å². The van der Waals surface area contributed by atoms with Crippen LogP contribution in [-0.2, 0) is 9.53 Å². The lowest BCUT2D eigenvalue weighted by molar-refractivity contribution is -0.153. The summed E-state index contributed by atoms with van der Waals surface area (Å²) in [6.07, 6.45) is 0.100. The molecule has 5 heteroatoms. The van der Waals surface area contributed by atoms with Gasteiger partial charge in [-0.3, -0.25) is 4.79 Å². The normalized spacial score (nSPS) is 13.9. The van der Waals surface area contributed by atoms with Crippen LogP contribution < -0.4 is 4.74 Å². The number of carbonyl (C=O) groups is 1. The Hall–Kier alpha value is -1.62. The molecule has 1 atom stereocenters. The van der Waals surface area contributed by atoms with Crippen LogP contribution in [0.5, 0.6) is 5.75 Å². The van der Waals surface area contributed by atoms with Crippen LogP contribution in [0.15, 0.2) is 24.3 Å². The highest BCUT2D eigenvalue weighted by atomic mass is 19.1. The van der Waals surface area contributed by atoms with Crippen LogP contribution >= 0.6 is 0 Å². The second kappa shape index (κ2) is 5.63. The van der Waals surface area contributed by atoms with Crippen molar-refractivity contribution in [1.82, 2.24) is 0 Å². The number of hydrogen-bond donors (Lipinski definition) is 1. The summed E-state index contributed by atoms with van der Waals surface area (Å²) < 4.78 is 22.7. The zero-order valence-electron chi connectivity index (χ0n) is 9.77. The zero-order chi connectivity index (χ0) is 12.9. The minimum absolute atomic E-state index is 0.0393. The van der Waals surface area contributed by atoms with Gasteiger partial charge in [0.15, 0.2) is 0 Å². The second-order valence-electron chi connectivity index (χ2n) is 3.82. The molecule has 0 radical (unpaired) electrons. The topological polar surface area (TPSA) is 55.8 Å². The Balaban J connectivity index is 2.51. The molecule has 0 saturated heterocycles. The lowest BCUT2D eigenvalue weighted by Gasteiger charge is -2.24. The predicted molar refractivity (Wildman–Crippen MR) is 58.9 cm³/mol. The Morgan fingerprint density at radius 2 is 2.24 bits per heavy atom. The fourth-order valence-electron chi connectivity index (χ4n) is 1.22. The number of aliphatic hydroxyl groups is 1. The smallest absolute Gasteiger partial charge is 0.302 e. The first-order chi connectivity index (χ1) is 7.89. The van der Waals surface area contributed by atoms with Gasteiger partial charge in [-0.05, 0) is 12.1 Å². The second-order valence-corrected chi connectivity index (χ2v) is 3.82. The maximum absolute atomic E-state index is 12.9. The van der Waals surface area contributed by atoms with E-state index in [0.717, 1.165) is 0 Å². The van der Waals surface area contributed by atoms with Gasteiger partial charge in [0.2, 0.25) is 5.79 Å². The lowest BCUT2D eigenvalue weighted by Crippen LogP contribution is -2.33. The monoisotopic (exact) mass is 242 g/mol. The van der Waals surface area contributed by atoms with Gasteiger partial charge >= 0.3 is 5.97 Å². The summed E-state index contributed by atoms with van der Waals surface area (Å²) >= 11 is 0. The summed E-state index contributed by atoms with van der Waals surface area (Å²) in [6, 6.07) is 5.46. The number of halogens is 1. The third-order valence-corrected chi connectivity index (χ3v) is 2.01. The molecule has 0 heterocycles. The molecule has 0 aliphatic heterocycles. The SMILES string of the molecule is CC(=O)OCCC(C)(O)Oc1cccc(F)c1. The van der Waals surface area contributed by atoms with Crippen LogP contribution in [0.4, 0.5) is 4.39 Å². The van der Waals surface area contributed by atoms with Crippen molar-refractivity contribution in [3.05, 3.63) is 30.1 Å². The van der Waals surface area contributed by atoms with E-state index in [1.165, 1.54) is 38.1 Å². The van der Waals surface area contributed by atoms with E-state index in [1.807, 2.05) is 0 Å². The number of hydrogen-bond acceptors (Lipinski definition) is 4. The van der Waals surface area contributed by atoms with Crippen LogP contribution in [0.25, 0.3) is 0 Å². The number of benzene rings is 1. The molecule has 17 heavy (non-hydrogen) atoms. The van der Waals surface area contributed by atoms with Crippen LogP contribution in [0.2, 0.25) is 0 Å². The quantitative estimate of drug-likeness (QED) is 0.632. The molecular formula is C12H15FO4. The van der Waals surface area contributed by atoms with Gasteiger partial charge in [0.1, 0.15) is 11.6 Å². The molecule has 0 fully saturated rings. The molecule has 94 valence electrons. The molecule has 0 aliphatic carbocycles. The molecule has 4 nitrogen and oxygen atoms in total. The van der Waals surface area contributed by atoms with E-state index >= 15 is 0 Å². The van der Waals surface area contributed by atoms with Gasteiger partial charge in [-0.1, -0.05) is 6.07 Å². The largest absolute Gasteiger partial charge is 0.466 e. The Morgan fingerprint density at radius 1 is 1.53 bits per heavy atom. The highest BCUT2D eigenvalue weighted by molar-refractivity contribution is 5.65. The molecule has 1 N–H and O–H groups in total. The van der Waals surface area contributed by atoms with E-state index in [-0.39, 0.29) is 18.8 Å². The fourth-order valence-corrected chi connectivity index (χ4v) is 1.22. The van der Waals surface area contributed by atoms with E-state index in [1.54, 1.807) is 0 Å². The Morgan fingerprint density at radius 3 is 2.82 bits per heavy atom. The first kappa shape index (κ1) is 13.4. The van der Waals surface area contributed by atoms with E-state index in [4.69, 9.17) is 4.74 Å². The highest BCUT2D eigenvalue weighted by Crippen LogP contribution is 2.20. The maximum atomic E-state index is 12.9. The van der Waals surface area contributed by atoms with Crippen molar-refractivity contribution < 1.29 is 23.8 Å². The van der Waals surface area contributed by atoms with E-state index in [9.17, 15) is 14.3 Å². The third-order valence-electron chi connectivity index (χ3n) is 2.01. The number of esters is 1. The van der Waals surface area contributed by atoms with Crippen molar-refractivity contribution in [3.63, 3.8) is 0 Å². The molecular weight excluding hydrogens is 227 g/mol. The highest BCUT2D eigenvalue weighted by Gasteiger charge is 2.22. The third kappa shape index (κ3) is 5.31. The van der Waals surface area contributed by atoms with Crippen LogP contribution in [0, 0.1) is 5.82 Å². The van der Waals surface area contributed by atoms with Gasteiger partial charge in [-0.15, -0.1) is 0 Å². The average molecular weight is 242 g/mol. The van der Waals surface area contributed by atoms with Gasteiger partial charge in [0, 0.05) is 26.3 Å². The number of rotatable bonds is 5. The van der Waals surface area contributed by atoms with E-state index in [0.29, 0.717) is 0 Å². The molecule has 1 aromatic rings. The van der Waals surface area contributed by atoms with Crippen molar-refractivity contribution in [1.29, 1.82) is 0 Å². The van der Waals surface area contributed by atoms with Crippen LogP contribution in [0.1, 0.15) is 20.3 Å². The molecule has 0 aromatic heterocycles. The van der Waals surface area contributed by atoms with Crippen molar-refractivity contribution in [3.8, 4) is 5.75 Å².